The third-order valence-corrected chi connectivity index (χ3v) is 6.19. The van der Waals surface area contributed by atoms with E-state index in [4.69, 9.17) is 9.15 Å². The highest BCUT2D eigenvalue weighted by Crippen LogP contribution is 2.40. The highest BCUT2D eigenvalue weighted by atomic mass is 16.5. The summed E-state index contributed by atoms with van der Waals surface area (Å²) in [6.45, 7) is 5.39. The lowest BCUT2D eigenvalue weighted by molar-refractivity contribution is -0.140. The number of aliphatic hydroxyl groups excluding tert-OH is 1. The molecule has 7 heteroatoms. The van der Waals surface area contributed by atoms with Gasteiger partial charge in [-0.1, -0.05) is 29.8 Å². The van der Waals surface area contributed by atoms with Gasteiger partial charge in [-0.15, -0.1) is 0 Å². The first-order chi connectivity index (χ1) is 17.2. The molecule has 2 aromatic carbocycles. The van der Waals surface area contributed by atoms with Gasteiger partial charge in [-0.2, -0.15) is 0 Å². The van der Waals surface area contributed by atoms with Crippen molar-refractivity contribution in [3.8, 4) is 5.75 Å². The summed E-state index contributed by atoms with van der Waals surface area (Å²) in [6.07, 6.45) is 0.684. The van der Waals surface area contributed by atoms with Gasteiger partial charge in [0.25, 0.3) is 11.7 Å². The number of aryl methyl sites for hydroxylation is 2. The maximum absolute atomic E-state index is 13.1. The van der Waals surface area contributed by atoms with E-state index < -0.39 is 17.7 Å². The number of amides is 1. The summed E-state index contributed by atoms with van der Waals surface area (Å²) in [4.78, 5) is 29.6. The zero-order valence-corrected chi connectivity index (χ0v) is 21.2. The van der Waals surface area contributed by atoms with Crippen molar-refractivity contribution in [3.05, 3.63) is 94.4 Å². The molecule has 1 N–H and O–H groups in total. The Hall–Kier alpha value is -3.84. The number of aliphatic hydroxyl groups is 1. The molecule has 1 aromatic heterocycles. The van der Waals surface area contributed by atoms with Crippen LogP contribution in [0.1, 0.15) is 40.7 Å². The summed E-state index contributed by atoms with van der Waals surface area (Å²) in [6, 6.07) is 17.7. The molecule has 188 valence electrons. The van der Waals surface area contributed by atoms with E-state index in [2.05, 4.69) is 6.07 Å². The van der Waals surface area contributed by atoms with Gasteiger partial charge in [0.2, 0.25) is 0 Å². The molecule has 4 rings (SSSR count). The Kier molecular flexibility index (Phi) is 7.60. The Morgan fingerprint density at radius 3 is 2.44 bits per heavy atom. The highest BCUT2D eigenvalue weighted by molar-refractivity contribution is 6.46. The number of rotatable bonds is 9. The minimum absolute atomic E-state index is 0.0348. The van der Waals surface area contributed by atoms with Crippen LogP contribution >= 0.6 is 0 Å². The molecule has 1 amide bonds. The van der Waals surface area contributed by atoms with Crippen LogP contribution in [0, 0.1) is 13.8 Å². The number of likely N-dealkylation sites (tertiary alicyclic amines) is 1. The van der Waals surface area contributed by atoms with Gasteiger partial charge in [-0.3, -0.25) is 9.59 Å². The zero-order chi connectivity index (χ0) is 25.8. The van der Waals surface area contributed by atoms with E-state index >= 15 is 0 Å². The number of Topliss-reactive ketones (excluding diaryl/α,β-unsaturated/α-hetero) is 1. The molecule has 1 saturated heterocycles. The van der Waals surface area contributed by atoms with Crippen LogP contribution in [0.2, 0.25) is 0 Å². The van der Waals surface area contributed by atoms with Gasteiger partial charge in [-0.25, -0.2) is 0 Å². The topological polar surface area (TPSA) is 83.2 Å². The van der Waals surface area contributed by atoms with Crippen LogP contribution in [-0.2, 0) is 16.2 Å². The minimum Gasteiger partial charge on any atom is -0.507 e. The van der Waals surface area contributed by atoms with Crippen LogP contribution in [0.5, 0.6) is 5.75 Å². The first-order valence-corrected chi connectivity index (χ1v) is 12.0. The van der Waals surface area contributed by atoms with Crippen molar-refractivity contribution in [2.45, 2.75) is 32.9 Å². The molecule has 1 aliphatic rings. The first-order valence-electron chi connectivity index (χ1n) is 12.0. The Morgan fingerprint density at radius 1 is 1.06 bits per heavy atom. The van der Waals surface area contributed by atoms with E-state index in [9.17, 15) is 14.7 Å². The lowest BCUT2D eigenvalue weighted by Gasteiger charge is -2.24. The third kappa shape index (κ3) is 5.52. The summed E-state index contributed by atoms with van der Waals surface area (Å²) < 4.78 is 11.7. The van der Waals surface area contributed by atoms with Gasteiger partial charge in [0, 0.05) is 12.1 Å². The predicted octanol–water partition coefficient (Wildman–Crippen LogP) is 4.85. The summed E-state index contributed by atoms with van der Waals surface area (Å²) in [5, 5.41) is 11.2. The molecule has 1 aliphatic heterocycles. The predicted molar refractivity (Wildman–Crippen MR) is 138 cm³/mol. The quantitative estimate of drug-likeness (QED) is 0.263. The van der Waals surface area contributed by atoms with E-state index in [1.54, 1.807) is 43.3 Å². The number of nitrogens with zero attached hydrogens (tertiary/aromatic N) is 2. The number of ketones is 1. The van der Waals surface area contributed by atoms with Crippen LogP contribution in [-0.4, -0.2) is 53.8 Å². The number of carbonyl (C=O) groups is 2. The fraction of sp³-hybridized carbons (Fsp3) is 0.310. The van der Waals surface area contributed by atoms with Crippen LogP contribution < -0.4 is 4.74 Å². The number of carbonyl (C=O) groups excluding carboxylic acids is 2. The molecule has 1 unspecified atom stereocenters. The molecule has 0 bridgehead atoms. The van der Waals surface area contributed by atoms with Crippen LogP contribution in [0.3, 0.4) is 0 Å². The van der Waals surface area contributed by atoms with Gasteiger partial charge in [0.15, 0.2) is 0 Å². The minimum atomic E-state index is -0.780. The summed E-state index contributed by atoms with van der Waals surface area (Å²) in [5.74, 6) is 0.182. The van der Waals surface area contributed by atoms with Gasteiger partial charge < -0.3 is 24.1 Å². The van der Waals surface area contributed by atoms with Gasteiger partial charge in [0.1, 0.15) is 35.7 Å². The van der Waals surface area contributed by atoms with E-state index in [1.165, 1.54) is 4.90 Å². The highest BCUT2D eigenvalue weighted by Gasteiger charge is 2.47. The third-order valence-electron chi connectivity index (χ3n) is 6.19. The second-order valence-electron chi connectivity index (χ2n) is 9.40. The van der Waals surface area contributed by atoms with Crippen molar-refractivity contribution >= 4 is 17.4 Å². The SMILES string of the molecule is Cc1cccc(COc2ccc(/C(O)=C3/C(=O)C(=O)N(CCCN(C)C)C3c3ccc(C)o3)cc2)c1. The molecule has 36 heavy (non-hydrogen) atoms. The number of benzene rings is 2. The van der Waals surface area contributed by atoms with Gasteiger partial charge in [-0.05, 0) is 82.9 Å². The molecule has 0 spiro atoms. The molecular formula is C29H32N2O5. The maximum Gasteiger partial charge on any atom is 0.295 e. The number of ether oxygens (including phenoxy) is 1. The lowest BCUT2D eigenvalue weighted by Crippen LogP contribution is -2.32. The monoisotopic (exact) mass is 488 g/mol. The fourth-order valence-electron chi connectivity index (χ4n) is 4.40. The summed E-state index contributed by atoms with van der Waals surface area (Å²) in [5.41, 5.74) is 2.69. The number of furan rings is 1. The molecule has 7 nitrogen and oxygen atoms in total. The molecule has 0 radical (unpaired) electrons. The van der Waals surface area contributed by atoms with Crippen molar-refractivity contribution in [2.24, 2.45) is 0 Å². The van der Waals surface area contributed by atoms with Gasteiger partial charge >= 0.3 is 0 Å². The lowest BCUT2D eigenvalue weighted by atomic mass is 9.99. The number of hydrogen-bond donors (Lipinski definition) is 1. The molecule has 0 saturated carbocycles. The Balaban J connectivity index is 1.60. The first kappa shape index (κ1) is 25.3. The van der Waals surface area contributed by atoms with E-state index in [0.717, 1.165) is 17.7 Å². The smallest absolute Gasteiger partial charge is 0.295 e. The average Bonchev–Trinajstić information content (AvgIpc) is 3.38. The van der Waals surface area contributed by atoms with Crippen molar-refractivity contribution < 1.29 is 23.8 Å². The van der Waals surface area contributed by atoms with Crippen LogP contribution in [0.25, 0.3) is 5.76 Å². The molecule has 2 heterocycles. The standard InChI is InChI=1S/C29H32N2O5/c1-19-7-5-8-21(17-19)18-35-23-12-10-22(11-13-23)27(32)25-26(24-14-9-20(2)36-24)31(29(34)28(25)33)16-6-15-30(3)4/h5,7-14,17,26,32H,6,15-16,18H2,1-4H3/b27-25-. The van der Waals surface area contributed by atoms with Crippen molar-refractivity contribution in [2.75, 3.05) is 27.2 Å². The zero-order valence-electron chi connectivity index (χ0n) is 21.2. The van der Waals surface area contributed by atoms with Gasteiger partial charge in [0.05, 0.1) is 5.57 Å². The normalized spacial score (nSPS) is 17.2. The average molecular weight is 489 g/mol. The molecule has 3 aromatic rings. The maximum atomic E-state index is 13.1. The summed E-state index contributed by atoms with van der Waals surface area (Å²) in [7, 11) is 3.91. The molecule has 1 atom stereocenters. The fourth-order valence-corrected chi connectivity index (χ4v) is 4.40. The largest absolute Gasteiger partial charge is 0.507 e. The van der Waals surface area contributed by atoms with Crippen molar-refractivity contribution in [3.63, 3.8) is 0 Å². The van der Waals surface area contributed by atoms with E-state index in [-0.39, 0.29) is 11.3 Å². The second kappa shape index (κ2) is 10.8. The Bertz CT molecular complexity index is 1270. The second-order valence-corrected chi connectivity index (χ2v) is 9.40. The Labute approximate surface area is 211 Å². The van der Waals surface area contributed by atoms with Crippen LogP contribution in [0.15, 0.2) is 70.7 Å². The number of hydrogen-bond acceptors (Lipinski definition) is 6. The van der Waals surface area contributed by atoms with Crippen LogP contribution in [0.4, 0.5) is 0 Å². The van der Waals surface area contributed by atoms with Crippen molar-refractivity contribution in [1.29, 1.82) is 0 Å². The van der Waals surface area contributed by atoms with E-state index in [0.29, 0.717) is 42.4 Å². The molecular weight excluding hydrogens is 456 g/mol. The summed E-state index contributed by atoms with van der Waals surface area (Å²) >= 11 is 0. The van der Waals surface area contributed by atoms with E-state index in [1.807, 2.05) is 44.1 Å². The van der Waals surface area contributed by atoms with Crippen molar-refractivity contribution in [1.82, 2.24) is 9.80 Å². The molecule has 0 aliphatic carbocycles. The Morgan fingerprint density at radius 2 is 1.81 bits per heavy atom. The molecule has 1 fully saturated rings.